The molecule has 94 valence electrons. The molecule has 1 unspecified atom stereocenters. The molecule has 1 fully saturated rings. The molecule has 0 spiro atoms. The van der Waals surface area contributed by atoms with Crippen molar-refractivity contribution in [2.45, 2.75) is 25.8 Å². The van der Waals surface area contributed by atoms with Crippen molar-refractivity contribution in [2.75, 3.05) is 25.4 Å². The van der Waals surface area contributed by atoms with Crippen LogP contribution in [0.2, 0.25) is 0 Å². The lowest BCUT2D eigenvalue weighted by Crippen LogP contribution is -2.42. The minimum atomic E-state index is -3.56. The maximum Gasteiger partial charge on any atom is 0.322 e. The molecule has 0 aromatic heterocycles. The van der Waals surface area contributed by atoms with Gasteiger partial charge in [-0.2, -0.15) is 4.31 Å². The van der Waals surface area contributed by atoms with E-state index in [-0.39, 0.29) is 12.6 Å². The molecule has 6 nitrogen and oxygen atoms in total. The van der Waals surface area contributed by atoms with Crippen LogP contribution in [-0.4, -0.2) is 50.2 Å². The lowest BCUT2D eigenvalue weighted by molar-refractivity contribution is -0.140. The van der Waals surface area contributed by atoms with Crippen molar-refractivity contribution in [3.05, 3.63) is 0 Å². The zero-order valence-corrected chi connectivity index (χ0v) is 10.2. The number of rotatable bonds is 5. The Morgan fingerprint density at radius 2 is 2.25 bits per heavy atom. The number of carbonyl (C=O) groups is 1. The Kier molecular flexibility index (Phi) is 4.69. The minimum absolute atomic E-state index is 0.167. The fraction of sp³-hybridized carbons (Fsp3) is 0.889. The van der Waals surface area contributed by atoms with E-state index in [2.05, 4.69) is 4.74 Å². The predicted molar refractivity (Wildman–Crippen MR) is 59.2 cm³/mol. The van der Waals surface area contributed by atoms with Gasteiger partial charge in [-0.1, -0.05) is 0 Å². The molecule has 0 aliphatic carbocycles. The predicted octanol–water partition coefficient (Wildman–Crippen LogP) is -0.698. The number of nitrogens with two attached hydrogens (primary N) is 1. The Morgan fingerprint density at radius 3 is 2.81 bits per heavy atom. The quantitative estimate of drug-likeness (QED) is 0.652. The van der Waals surface area contributed by atoms with Crippen molar-refractivity contribution in [2.24, 2.45) is 5.73 Å². The van der Waals surface area contributed by atoms with Gasteiger partial charge in [0.05, 0.1) is 6.61 Å². The maximum atomic E-state index is 11.9. The minimum Gasteiger partial charge on any atom is -0.465 e. The van der Waals surface area contributed by atoms with Gasteiger partial charge in [-0.15, -0.1) is 0 Å². The number of esters is 1. The van der Waals surface area contributed by atoms with E-state index in [1.54, 1.807) is 6.92 Å². The van der Waals surface area contributed by atoms with Gasteiger partial charge in [-0.05, 0) is 19.8 Å². The third-order valence-electron chi connectivity index (χ3n) is 2.56. The molecular weight excluding hydrogens is 232 g/mol. The highest BCUT2D eigenvalue weighted by atomic mass is 32.2. The summed E-state index contributed by atoms with van der Waals surface area (Å²) < 4.78 is 29.7. The Morgan fingerprint density at radius 1 is 1.56 bits per heavy atom. The van der Waals surface area contributed by atoms with E-state index in [1.165, 1.54) is 4.31 Å². The van der Waals surface area contributed by atoms with Crippen LogP contribution in [0, 0.1) is 0 Å². The van der Waals surface area contributed by atoms with Crippen molar-refractivity contribution < 1.29 is 17.9 Å². The van der Waals surface area contributed by atoms with Crippen molar-refractivity contribution in [3.8, 4) is 0 Å². The monoisotopic (exact) mass is 250 g/mol. The van der Waals surface area contributed by atoms with Crippen LogP contribution in [0.5, 0.6) is 0 Å². The van der Waals surface area contributed by atoms with Crippen LogP contribution < -0.4 is 5.73 Å². The van der Waals surface area contributed by atoms with E-state index in [4.69, 9.17) is 5.73 Å². The summed E-state index contributed by atoms with van der Waals surface area (Å²) in [5.74, 6) is -1.29. The number of carbonyl (C=O) groups excluding carboxylic acids is 1. The van der Waals surface area contributed by atoms with Gasteiger partial charge in [0.15, 0.2) is 5.75 Å². The van der Waals surface area contributed by atoms with E-state index >= 15 is 0 Å². The largest absolute Gasteiger partial charge is 0.465 e. The van der Waals surface area contributed by atoms with Gasteiger partial charge < -0.3 is 10.5 Å². The van der Waals surface area contributed by atoms with Crippen LogP contribution in [0.4, 0.5) is 0 Å². The molecule has 0 saturated carbocycles. The van der Waals surface area contributed by atoms with Gasteiger partial charge in [0, 0.05) is 19.1 Å². The second kappa shape index (κ2) is 5.60. The third-order valence-corrected chi connectivity index (χ3v) is 4.35. The van der Waals surface area contributed by atoms with Crippen molar-refractivity contribution in [1.82, 2.24) is 4.31 Å². The Labute approximate surface area is 95.8 Å². The summed E-state index contributed by atoms with van der Waals surface area (Å²) in [6.45, 7) is 2.57. The van der Waals surface area contributed by atoms with Gasteiger partial charge in [0.25, 0.3) is 0 Å². The zero-order chi connectivity index (χ0) is 12.2. The molecule has 1 atom stereocenters. The smallest absolute Gasteiger partial charge is 0.322 e. The molecule has 1 heterocycles. The lowest BCUT2D eigenvalue weighted by Gasteiger charge is -2.22. The van der Waals surface area contributed by atoms with E-state index in [1.807, 2.05) is 0 Å². The van der Waals surface area contributed by atoms with Crippen LogP contribution in [-0.2, 0) is 19.6 Å². The summed E-state index contributed by atoms with van der Waals surface area (Å²) in [7, 11) is -3.56. The summed E-state index contributed by atoms with van der Waals surface area (Å²) in [6.07, 6.45) is 1.56. The van der Waals surface area contributed by atoms with E-state index < -0.39 is 21.7 Å². The van der Waals surface area contributed by atoms with Crippen LogP contribution in [0.3, 0.4) is 0 Å². The van der Waals surface area contributed by atoms with E-state index in [0.29, 0.717) is 13.1 Å². The second-order valence-electron chi connectivity index (χ2n) is 3.70. The first-order chi connectivity index (χ1) is 7.51. The average molecular weight is 250 g/mol. The van der Waals surface area contributed by atoms with Crippen LogP contribution in [0.15, 0.2) is 0 Å². The molecule has 16 heavy (non-hydrogen) atoms. The van der Waals surface area contributed by atoms with Gasteiger partial charge in [-0.25, -0.2) is 8.42 Å². The van der Waals surface area contributed by atoms with Crippen molar-refractivity contribution >= 4 is 16.0 Å². The van der Waals surface area contributed by atoms with Crippen LogP contribution in [0.1, 0.15) is 19.8 Å². The van der Waals surface area contributed by atoms with Crippen molar-refractivity contribution in [3.63, 3.8) is 0 Å². The number of hydrogen-bond acceptors (Lipinski definition) is 5. The fourth-order valence-corrected chi connectivity index (χ4v) is 3.45. The van der Waals surface area contributed by atoms with Gasteiger partial charge in [-0.3, -0.25) is 4.79 Å². The third kappa shape index (κ3) is 3.16. The summed E-state index contributed by atoms with van der Waals surface area (Å²) in [5.41, 5.74) is 5.49. The zero-order valence-electron chi connectivity index (χ0n) is 9.39. The second-order valence-corrected chi connectivity index (χ2v) is 5.63. The molecule has 0 aromatic carbocycles. The van der Waals surface area contributed by atoms with Crippen molar-refractivity contribution in [1.29, 1.82) is 0 Å². The van der Waals surface area contributed by atoms with Gasteiger partial charge >= 0.3 is 5.97 Å². The SMILES string of the molecule is CCOC(=O)CS(=O)(=O)N1CCCC1CN. The van der Waals surface area contributed by atoms with Gasteiger partial charge in [0.1, 0.15) is 0 Å². The molecule has 0 aromatic rings. The summed E-state index contributed by atoms with van der Waals surface area (Å²) >= 11 is 0. The summed E-state index contributed by atoms with van der Waals surface area (Å²) in [5, 5.41) is 0. The molecule has 7 heteroatoms. The molecule has 1 aliphatic heterocycles. The Bertz CT molecular complexity index is 341. The van der Waals surface area contributed by atoms with Crippen LogP contribution in [0.25, 0.3) is 0 Å². The molecule has 0 radical (unpaired) electrons. The molecular formula is C9H18N2O4S. The number of ether oxygens (including phenoxy) is 1. The first-order valence-electron chi connectivity index (χ1n) is 5.36. The summed E-state index contributed by atoms with van der Waals surface area (Å²) in [6, 6.07) is -0.167. The molecule has 0 bridgehead atoms. The van der Waals surface area contributed by atoms with E-state index in [0.717, 1.165) is 12.8 Å². The summed E-state index contributed by atoms with van der Waals surface area (Å²) in [4.78, 5) is 11.2. The van der Waals surface area contributed by atoms with E-state index in [9.17, 15) is 13.2 Å². The Hall–Kier alpha value is -0.660. The first kappa shape index (κ1) is 13.4. The molecule has 1 saturated heterocycles. The normalized spacial score (nSPS) is 22.2. The fourth-order valence-electron chi connectivity index (χ4n) is 1.85. The van der Waals surface area contributed by atoms with Crippen LogP contribution >= 0.6 is 0 Å². The Balaban J connectivity index is 2.66. The topological polar surface area (TPSA) is 89.7 Å². The number of nitrogens with zero attached hydrogens (tertiary/aromatic N) is 1. The maximum absolute atomic E-state index is 11.9. The number of sulfonamides is 1. The average Bonchev–Trinajstić information content (AvgIpc) is 2.65. The lowest BCUT2D eigenvalue weighted by atomic mass is 10.2. The highest BCUT2D eigenvalue weighted by Crippen LogP contribution is 2.20. The standard InChI is InChI=1S/C9H18N2O4S/c1-2-15-9(12)7-16(13,14)11-5-3-4-8(11)6-10/h8H,2-7,10H2,1H3. The first-order valence-corrected chi connectivity index (χ1v) is 6.97. The molecule has 2 N–H and O–H groups in total. The molecule has 1 aliphatic rings. The molecule has 0 amide bonds. The van der Waals surface area contributed by atoms with Gasteiger partial charge in [0.2, 0.25) is 10.0 Å². The molecule has 1 rings (SSSR count). The number of hydrogen-bond donors (Lipinski definition) is 1. The highest BCUT2D eigenvalue weighted by molar-refractivity contribution is 7.89. The highest BCUT2D eigenvalue weighted by Gasteiger charge is 2.34.